The number of nitrogens with one attached hydrogen (secondary N) is 1. The average molecular weight is 226 g/mol. The molecule has 4 heteroatoms. The maximum absolute atomic E-state index is 12.0. The molecule has 0 saturated carbocycles. The van der Waals surface area contributed by atoms with Crippen molar-refractivity contribution >= 4 is 6.09 Å². The molecule has 0 radical (unpaired) electrons. The van der Waals surface area contributed by atoms with Gasteiger partial charge in [-0.3, -0.25) is 0 Å². The first-order chi connectivity index (χ1) is 7.37. The summed E-state index contributed by atoms with van der Waals surface area (Å²) in [6.07, 6.45) is 1.01. The fraction of sp³-hybridized carbons (Fsp3) is 0.917. The van der Waals surface area contributed by atoms with Crippen LogP contribution in [0.2, 0.25) is 0 Å². The van der Waals surface area contributed by atoms with Crippen LogP contribution in [0.5, 0.6) is 0 Å². The van der Waals surface area contributed by atoms with Crippen LogP contribution >= 0.6 is 0 Å². The minimum Gasteiger partial charge on any atom is -0.444 e. The topological polar surface area (TPSA) is 41.6 Å². The van der Waals surface area contributed by atoms with Gasteiger partial charge in [0.05, 0.1) is 6.04 Å². The molecule has 2 saturated heterocycles. The zero-order valence-corrected chi connectivity index (χ0v) is 10.6. The van der Waals surface area contributed by atoms with E-state index in [1.165, 1.54) is 6.42 Å². The average Bonchev–Trinajstić information content (AvgIpc) is 2.07. The van der Waals surface area contributed by atoms with E-state index in [1.807, 2.05) is 25.7 Å². The second-order valence-corrected chi connectivity index (χ2v) is 6.06. The van der Waals surface area contributed by atoms with E-state index in [9.17, 15) is 4.79 Å². The molecule has 0 bridgehead atoms. The first-order valence-corrected chi connectivity index (χ1v) is 6.10. The van der Waals surface area contributed by atoms with E-state index in [1.54, 1.807) is 0 Å². The fourth-order valence-electron chi connectivity index (χ4n) is 2.47. The van der Waals surface area contributed by atoms with Gasteiger partial charge in [-0.2, -0.15) is 0 Å². The Hall–Kier alpha value is -0.770. The third kappa shape index (κ3) is 2.32. The van der Waals surface area contributed by atoms with Crippen LogP contribution in [0.3, 0.4) is 0 Å². The molecule has 0 aromatic heterocycles. The van der Waals surface area contributed by atoms with Crippen LogP contribution in [0.4, 0.5) is 4.79 Å². The minimum absolute atomic E-state index is 0.157. The Labute approximate surface area is 97.3 Å². The number of carbonyl (C=O) groups excluding carboxylic acids is 1. The van der Waals surface area contributed by atoms with Crippen molar-refractivity contribution in [2.45, 2.75) is 51.8 Å². The van der Waals surface area contributed by atoms with Gasteiger partial charge >= 0.3 is 6.09 Å². The van der Waals surface area contributed by atoms with Crippen LogP contribution in [0.15, 0.2) is 0 Å². The quantitative estimate of drug-likeness (QED) is 0.682. The second-order valence-electron chi connectivity index (χ2n) is 6.06. The normalized spacial score (nSPS) is 34.0. The maximum Gasteiger partial charge on any atom is 0.410 e. The van der Waals surface area contributed by atoms with Crippen LogP contribution < -0.4 is 5.32 Å². The predicted octanol–water partition coefficient (Wildman–Crippen LogP) is 1.60. The summed E-state index contributed by atoms with van der Waals surface area (Å²) in [5.74, 6) is 0.557. The fourth-order valence-corrected chi connectivity index (χ4v) is 2.47. The standard InChI is InChI=1S/C12H22N2O2/c1-8-5-9-10(6-13-9)14(7-8)11(15)16-12(2,3)4/h8-10,13H,5-7H2,1-4H3. The summed E-state index contributed by atoms with van der Waals surface area (Å²) >= 11 is 0. The lowest BCUT2D eigenvalue weighted by Crippen LogP contribution is -2.70. The van der Waals surface area contributed by atoms with E-state index >= 15 is 0 Å². The van der Waals surface area contributed by atoms with Gasteiger partial charge in [-0.15, -0.1) is 0 Å². The number of rotatable bonds is 0. The summed E-state index contributed by atoms with van der Waals surface area (Å²) in [5.41, 5.74) is -0.398. The van der Waals surface area contributed by atoms with Gasteiger partial charge in [-0.05, 0) is 33.1 Å². The van der Waals surface area contributed by atoms with E-state index in [-0.39, 0.29) is 6.09 Å². The molecule has 1 N–H and O–H groups in total. The third-order valence-corrected chi connectivity index (χ3v) is 3.25. The number of likely N-dealkylation sites (tertiary alicyclic amines) is 1. The first-order valence-electron chi connectivity index (χ1n) is 6.10. The predicted molar refractivity (Wildman–Crippen MR) is 62.3 cm³/mol. The summed E-state index contributed by atoms with van der Waals surface area (Å²) in [6, 6.07) is 0.835. The number of hydrogen-bond donors (Lipinski definition) is 1. The number of hydrogen-bond acceptors (Lipinski definition) is 3. The molecule has 2 fully saturated rings. The van der Waals surface area contributed by atoms with Gasteiger partial charge in [0.1, 0.15) is 5.60 Å². The van der Waals surface area contributed by atoms with Gasteiger partial charge in [0.15, 0.2) is 0 Å². The molecule has 0 aromatic carbocycles. The molecule has 0 aliphatic carbocycles. The summed E-state index contributed by atoms with van der Waals surface area (Å²) < 4.78 is 5.44. The van der Waals surface area contributed by atoms with E-state index in [2.05, 4.69) is 12.2 Å². The number of fused-ring (bicyclic) bond motifs is 1. The number of carbonyl (C=O) groups is 1. The van der Waals surface area contributed by atoms with E-state index in [0.29, 0.717) is 18.0 Å². The molecular formula is C12H22N2O2. The van der Waals surface area contributed by atoms with Crippen molar-refractivity contribution in [3.8, 4) is 0 Å². The molecular weight excluding hydrogens is 204 g/mol. The van der Waals surface area contributed by atoms with Gasteiger partial charge in [-0.1, -0.05) is 6.92 Å². The van der Waals surface area contributed by atoms with Gasteiger partial charge < -0.3 is 15.0 Å². The monoisotopic (exact) mass is 226 g/mol. The molecule has 2 rings (SSSR count). The number of piperidine rings is 1. The Morgan fingerprint density at radius 3 is 2.62 bits per heavy atom. The SMILES string of the molecule is CC1CC2NCC2N(C(=O)OC(C)(C)C)C1. The Morgan fingerprint density at radius 1 is 1.44 bits per heavy atom. The Bertz CT molecular complexity index is 285. The number of amides is 1. The van der Waals surface area contributed by atoms with Crippen LogP contribution in [-0.2, 0) is 4.74 Å². The van der Waals surface area contributed by atoms with Gasteiger partial charge in [0, 0.05) is 19.1 Å². The van der Waals surface area contributed by atoms with Crippen molar-refractivity contribution in [2.24, 2.45) is 5.92 Å². The number of nitrogens with zero attached hydrogens (tertiary/aromatic N) is 1. The third-order valence-electron chi connectivity index (χ3n) is 3.25. The maximum atomic E-state index is 12.0. The van der Waals surface area contributed by atoms with Crippen molar-refractivity contribution in [3.63, 3.8) is 0 Å². The van der Waals surface area contributed by atoms with Crippen molar-refractivity contribution in [1.29, 1.82) is 0 Å². The molecule has 2 heterocycles. The van der Waals surface area contributed by atoms with Crippen molar-refractivity contribution in [1.82, 2.24) is 10.2 Å². The van der Waals surface area contributed by atoms with Gasteiger partial charge in [-0.25, -0.2) is 4.79 Å². The van der Waals surface area contributed by atoms with Gasteiger partial charge in [0.25, 0.3) is 0 Å². The van der Waals surface area contributed by atoms with Crippen LogP contribution in [-0.4, -0.2) is 41.8 Å². The van der Waals surface area contributed by atoms with E-state index < -0.39 is 5.60 Å². The zero-order valence-electron chi connectivity index (χ0n) is 10.6. The lowest BCUT2D eigenvalue weighted by Gasteiger charge is -2.50. The molecule has 0 spiro atoms. The summed E-state index contributed by atoms with van der Waals surface area (Å²) in [7, 11) is 0. The van der Waals surface area contributed by atoms with Crippen molar-refractivity contribution < 1.29 is 9.53 Å². The van der Waals surface area contributed by atoms with Crippen LogP contribution in [0, 0.1) is 5.92 Å². The first kappa shape index (κ1) is 11.7. The molecule has 92 valence electrons. The Morgan fingerprint density at radius 2 is 2.12 bits per heavy atom. The van der Waals surface area contributed by atoms with Crippen LogP contribution in [0.1, 0.15) is 34.1 Å². The molecule has 16 heavy (non-hydrogen) atoms. The lowest BCUT2D eigenvalue weighted by atomic mass is 9.84. The second kappa shape index (κ2) is 3.91. The molecule has 3 unspecified atom stereocenters. The highest BCUT2D eigenvalue weighted by atomic mass is 16.6. The van der Waals surface area contributed by atoms with E-state index in [4.69, 9.17) is 4.74 Å². The molecule has 3 atom stereocenters. The smallest absolute Gasteiger partial charge is 0.410 e. The van der Waals surface area contributed by atoms with Crippen molar-refractivity contribution in [2.75, 3.05) is 13.1 Å². The minimum atomic E-state index is -0.398. The molecule has 1 amide bonds. The molecule has 4 nitrogen and oxygen atoms in total. The summed E-state index contributed by atoms with van der Waals surface area (Å²) in [6.45, 7) is 9.67. The highest BCUT2D eigenvalue weighted by Gasteiger charge is 2.43. The van der Waals surface area contributed by atoms with Gasteiger partial charge in [0.2, 0.25) is 0 Å². The number of ether oxygens (including phenoxy) is 1. The molecule has 0 aromatic rings. The summed E-state index contributed by atoms with van der Waals surface area (Å²) in [5, 5.41) is 3.38. The van der Waals surface area contributed by atoms with Crippen LogP contribution in [0.25, 0.3) is 0 Å². The Kier molecular flexibility index (Phi) is 2.86. The summed E-state index contributed by atoms with van der Waals surface area (Å²) in [4.78, 5) is 13.9. The molecule has 2 aliphatic heterocycles. The largest absolute Gasteiger partial charge is 0.444 e. The Balaban J connectivity index is 1.99. The highest BCUT2D eigenvalue weighted by Crippen LogP contribution is 2.28. The molecule has 2 aliphatic rings. The lowest BCUT2D eigenvalue weighted by molar-refractivity contribution is -0.0189. The zero-order chi connectivity index (χ0) is 11.9. The highest BCUT2D eigenvalue weighted by molar-refractivity contribution is 5.69. The van der Waals surface area contributed by atoms with Crippen molar-refractivity contribution in [3.05, 3.63) is 0 Å². The van der Waals surface area contributed by atoms with E-state index in [0.717, 1.165) is 13.1 Å².